The molecule has 0 spiro atoms. The quantitative estimate of drug-likeness (QED) is 0.0941. The molecule has 2 aliphatic rings. The van der Waals surface area contributed by atoms with Crippen molar-refractivity contribution in [2.45, 2.75) is 10.8 Å². The molecule has 122 heavy (non-hydrogen) atoms. The molecule has 0 heterocycles. The SMILES string of the molecule is N#Cc1ccc(N(c2ccc(C#N)cc2)c2cc3c(c4ccccc24)-c2c(cc(N(c4ccc(C#N)cc4)c4ccc(C#N)cc4)c4ccccc24)C3(c2ccccc2)C2(c3ccccc3)c3cc(N(c4ccc(C#N)cc4)c4ccc(C#N)cc4)c4ccccc4c3-c3c2cc(N(c2ccc(C#N)cc2)c2ccc(C#N)cc2)c2ccccc32)cc1. The average molecular weight is 1550 g/mol. The van der Waals surface area contributed by atoms with Crippen LogP contribution < -0.4 is 19.6 Å². The summed E-state index contributed by atoms with van der Waals surface area (Å²) in [6.45, 7) is 0. The van der Waals surface area contributed by atoms with Crippen LogP contribution in [-0.4, -0.2) is 0 Å². The van der Waals surface area contributed by atoms with Crippen LogP contribution in [0, 0.1) is 90.6 Å². The molecule has 0 saturated carbocycles. The van der Waals surface area contributed by atoms with E-state index in [9.17, 15) is 42.1 Å². The smallest absolute Gasteiger partial charge is 0.0991 e. The van der Waals surface area contributed by atoms with Crippen LogP contribution in [0.1, 0.15) is 77.9 Å². The van der Waals surface area contributed by atoms with E-state index < -0.39 is 10.8 Å². The number of rotatable bonds is 15. The molecule has 0 radical (unpaired) electrons. The predicted octanol–water partition coefficient (Wildman–Crippen LogP) is 26.5. The summed E-state index contributed by atoms with van der Waals surface area (Å²) < 4.78 is 0. The summed E-state index contributed by atoms with van der Waals surface area (Å²) >= 11 is 0. The zero-order chi connectivity index (χ0) is 82.7. The molecule has 20 rings (SSSR count). The molecule has 0 aliphatic heterocycles. The Morgan fingerprint density at radius 3 is 0.467 bits per heavy atom. The van der Waals surface area contributed by atoms with Crippen molar-refractivity contribution in [2.24, 2.45) is 0 Å². The Labute approximate surface area is 704 Å². The highest BCUT2D eigenvalue weighted by atomic mass is 15.2. The molecule has 0 amide bonds. The molecule has 0 saturated heterocycles. The summed E-state index contributed by atoms with van der Waals surface area (Å²) in [5.41, 5.74) is 18.9. The maximum atomic E-state index is 10.6. The predicted molar refractivity (Wildman–Crippen MR) is 483 cm³/mol. The van der Waals surface area contributed by atoms with Crippen molar-refractivity contribution >= 4 is 111 Å². The van der Waals surface area contributed by atoms with Crippen molar-refractivity contribution in [3.8, 4) is 70.8 Å². The summed E-state index contributed by atoms with van der Waals surface area (Å²) in [5, 5.41) is 91.8. The van der Waals surface area contributed by atoms with Crippen LogP contribution >= 0.6 is 0 Å². The Bertz CT molecular complexity index is 6580. The van der Waals surface area contributed by atoms with Crippen LogP contribution in [0.3, 0.4) is 0 Å². The van der Waals surface area contributed by atoms with Crippen LogP contribution in [0.4, 0.5) is 68.2 Å². The van der Waals surface area contributed by atoms with Crippen molar-refractivity contribution in [3.05, 3.63) is 454 Å². The highest BCUT2D eigenvalue weighted by Gasteiger charge is 2.66. The van der Waals surface area contributed by atoms with Gasteiger partial charge in [0.15, 0.2) is 0 Å². The van der Waals surface area contributed by atoms with Gasteiger partial charge in [-0.3, -0.25) is 0 Å². The van der Waals surface area contributed by atoms with Gasteiger partial charge in [-0.05, 0) is 296 Å². The largest absolute Gasteiger partial charge is 0.310 e. The van der Waals surface area contributed by atoms with Gasteiger partial charge in [0.1, 0.15) is 0 Å². The highest BCUT2D eigenvalue weighted by Crippen LogP contribution is 2.74. The standard InChI is InChI=1S/C110H62N12/c111-63-71-27-43-81(44-28-71)119(82-45-29-72(64-112)30-46-82)101-59-97-105(93-23-11-7-19-89(93)101)106-94-24-12-8-20-90(94)102(120(83-47-31-73(65-113)32-48-83)84-49-33-74(66-114)34-50-84)60-98(106)109(97,79-15-3-1-4-16-79)110(80-17-5-2-6-18-80)99-61-103(121(85-51-35-75(67-115)36-52-85)86-53-37-76(68-116)38-54-86)91-21-9-13-25-95(91)107(99)108-96-26-14-10-22-92(96)104(62-100(108)110)122(87-55-39-77(69-117)40-56-87)88-57-41-78(70-118)42-58-88/h1-62H. The second-order valence-electron chi connectivity index (χ2n) is 30.3. The lowest BCUT2D eigenvalue weighted by Crippen LogP contribution is -2.50. The lowest BCUT2D eigenvalue weighted by atomic mass is 9.49. The molecule has 0 fully saturated rings. The van der Waals surface area contributed by atoms with E-state index in [2.05, 4.69) is 250 Å². The molecule has 12 nitrogen and oxygen atoms in total. The minimum atomic E-state index is -1.58. The molecule has 18 aromatic rings. The first-order valence-electron chi connectivity index (χ1n) is 39.7. The Kier molecular flexibility index (Phi) is 17.8. The molecule has 0 atom stereocenters. The minimum absolute atomic E-state index is 0.473. The van der Waals surface area contributed by atoms with Crippen LogP contribution in [-0.2, 0) is 10.8 Å². The topological polar surface area (TPSA) is 203 Å². The van der Waals surface area contributed by atoms with Crippen LogP contribution in [0.5, 0.6) is 0 Å². The zero-order valence-electron chi connectivity index (χ0n) is 65.2. The first kappa shape index (κ1) is 73.0. The molecule has 0 N–H and O–H groups in total. The Morgan fingerprint density at radius 1 is 0.164 bits per heavy atom. The molecule has 562 valence electrons. The Balaban J connectivity index is 1.07. The van der Waals surface area contributed by atoms with E-state index in [1.54, 1.807) is 0 Å². The van der Waals surface area contributed by atoms with Gasteiger partial charge in [0.05, 0.1) is 127 Å². The summed E-state index contributed by atoms with van der Waals surface area (Å²) in [4.78, 5) is 8.98. The second kappa shape index (κ2) is 29.8. The Morgan fingerprint density at radius 2 is 0.311 bits per heavy atom. The van der Waals surface area contributed by atoms with E-state index in [-0.39, 0.29) is 0 Å². The number of benzene rings is 18. The van der Waals surface area contributed by atoms with Gasteiger partial charge in [-0.25, -0.2) is 0 Å². The van der Waals surface area contributed by atoms with Gasteiger partial charge in [0.25, 0.3) is 0 Å². The van der Waals surface area contributed by atoms with Crippen molar-refractivity contribution in [3.63, 3.8) is 0 Å². The molecular weight excluding hydrogens is 1490 g/mol. The normalized spacial score (nSPS) is 12.2. The molecule has 2 aliphatic carbocycles. The number of nitriles is 8. The molecule has 0 aromatic heterocycles. The van der Waals surface area contributed by atoms with Crippen molar-refractivity contribution in [1.29, 1.82) is 42.1 Å². The van der Waals surface area contributed by atoms with E-state index in [1.165, 1.54) is 0 Å². The first-order valence-corrected chi connectivity index (χ1v) is 39.7. The monoisotopic (exact) mass is 1550 g/mol. The summed E-state index contributed by atoms with van der Waals surface area (Å²) in [5.74, 6) is 0. The van der Waals surface area contributed by atoms with Crippen LogP contribution in [0.25, 0.3) is 65.3 Å². The van der Waals surface area contributed by atoms with Crippen LogP contribution in [0.15, 0.2) is 376 Å². The van der Waals surface area contributed by atoms with Crippen LogP contribution in [0.2, 0.25) is 0 Å². The van der Waals surface area contributed by atoms with Gasteiger partial charge in [-0.1, -0.05) is 158 Å². The van der Waals surface area contributed by atoms with Gasteiger partial charge in [-0.2, -0.15) is 42.1 Å². The third-order valence-corrected chi connectivity index (χ3v) is 24.2. The van der Waals surface area contributed by atoms with Gasteiger partial charge < -0.3 is 19.6 Å². The van der Waals surface area contributed by atoms with Crippen molar-refractivity contribution < 1.29 is 0 Å². The lowest BCUT2D eigenvalue weighted by Gasteiger charge is -2.51. The fourth-order valence-corrected chi connectivity index (χ4v) is 19.1. The fourth-order valence-electron chi connectivity index (χ4n) is 19.1. The third-order valence-electron chi connectivity index (χ3n) is 24.2. The van der Waals surface area contributed by atoms with Crippen molar-refractivity contribution in [2.75, 3.05) is 19.6 Å². The van der Waals surface area contributed by atoms with Gasteiger partial charge in [0, 0.05) is 67.0 Å². The molecule has 0 unspecified atom stereocenters. The van der Waals surface area contributed by atoms with Crippen molar-refractivity contribution in [1.82, 2.24) is 0 Å². The number of fused-ring (bicyclic) bond motifs is 14. The third kappa shape index (κ3) is 11.4. The number of hydrogen-bond acceptors (Lipinski definition) is 12. The zero-order valence-corrected chi connectivity index (χ0v) is 65.2. The van der Waals surface area contributed by atoms with E-state index in [4.69, 9.17) is 0 Å². The lowest BCUT2D eigenvalue weighted by molar-refractivity contribution is 0.438. The maximum absolute atomic E-state index is 10.6. The first-order chi connectivity index (χ1) is 60.1. The molecule has 18 aromatic carbocycles. The number of hydrogen-bond donors (Lipinski definition) is 0. The van der Waals surface area contributed by atoms with Gasteiger partial charge in [0.2, 0.25) is 0 Å². The van der Waals surface area contributed by atoms with E-state index in [0.29, 0.717) is 44.5 Å². The van der Waals surface area contributed by atoms with Gasteiger partial charge in [-0.15, -0.1) is 0 Å². The maximum Gasteiger partial charge on any atom is 0.0991 e. The fraction of sp³-hybridized carbons (Fsp3) is 0.0182. The second-order valence-corrected chi connectivity index (χ2v) is 30.3. The molecular formula is C110H62N12. The Hall–Kier alpha value is -17.9. The molecule has 12 heteroatoms. The van der Waals surface area contributed by atoms with E-state index in [1.807, 2.05) is 194 Å². The van der Waals surface area contributed by atoms with E-state index in [0.717, 1.165) is 167 Å². The summed E-state index contributed by atoms with van der Waals surface area (Å²) in [6.07, 6.45) is 0. The summed E-state index contributed by atoms with van der Waals surface area (Å²) in [6, 6.07) is 146. The summed E-state index contributed by atoms with van der Waals surface area (Å²) in [7, 11) is 0. The highest BCUT2D eigenvalue weighted by molar-refractivity contribution is 6.22. The number of anilines is 12. The molecule has 0 bridgehead atoms. The minimum Gasteiger partial charge on any atom is -0.310 e. The number of nitrogens with zero attached hydrogens (tertiary/aromatic N) is 12. The van der Waals surface area contributed by atoms with Gasteiger partial charge >= 0.3 is 0 Å². The average Bonchev–Trinajstić information content (AvgIpc) is 1.46. The van der Waals surface area contributed by atoms with E-state index >= 15 is 0 Å².